The van der Waals surface area contributed by atoms with E-state index < -0.39 is 0 Å². The van der Waals surface area contributed by atoms with Crippen molar-refractivity contribution in [3.05, 3.63) is 20.2 Å². The van der Waals surface area contributed by atoms with Crippen LogP contribution in [0.5, 0.6) is 0 Å². The van der Waals surface area contributed by atoms with Gasteiger partial charge in [-0.25, -0.2) is 0 Å². The van der Waals surface area contributed by atoms with Crippen LogP contribution in [0.2, 0.25) is 0 Å². The van der Waals surface area contributed by atoms with Gasteiger partial charge in [-0.15, -0.1) is 0 Å². The molecular weight excluding hydrogens is 274 g/mol. The molecule has 0 saturated carbocycles. The molecule has 0 bridgehead atoms. The first-order valence-corrected chi connectivity index (χ1v) is 8.03. The predicted octanol–water partition coefficient (Wildman–Crippen LogP) is 1.13. The Kier molecular flexibility index (Phi) is 4.99. The average Bonchev–Trinajstić information content (AvgIpc) is 3.01. The second-order valence-corrected chi connectivity index (χ2v) is 6.50. The largest absolute Gasteiger partial charge is 0.337 e. The fraction of sp³-hybridized carbons (Fsp3) is 0.714. The number of aromatic nitrogens is 1. The van der Waals surface area contributed by atoms with E-state index in [4.69, 9.17) is 0 Å². The van der Waals surface area contributed by atoms with Gasteiger partial charge in [0.15, 0.2) is 0 Å². The lowest BCUT2D eigenvalue weighted by Crippen LogP contribution is -2.44. The zero-order valence-corrected chi connectivity index (χ0v) is 13.3. The van der Waals surface area contributed by atoms with Gasteiger partial charge in [0, 0.05) is 29.7 Å². The SMILES string of the molecule is CCCN(C(=O)Cn1c(C)c(C)sc1=O)C1CCNC1. The molecule has 1 unspecified atom stereocenters. The van der Waals surface area contributed by atoms with Crippen LogP contribution >= 0.6 is 11.3 Å². The maximum Gasteiger partial charge on any atom is 0.308 e. The molecule has 5 nitrogen and oxygen atoms in total. The Morgan fingerprint density at radius 2 is 2.25 bits per heavy atom. The monoisotopic (exact) mass is 297 g/mol. The average molecular weight is 297 g/mol. The lowest BCUT2D eigenvalue weighted by molar-refractivity contribution is -0.133. The van der Waals surface area contributed by atoms with E-state index in [1.165, 1.54) is 11.3 Å². The highest BCUT2D eigenvalue weighted by Crippen LogP contribution is 2.13. The van der Waals surface area contributed by atoms with Crippen LogP contribution in [0.25, 0.3) is 0 Å². The van der Waals surface area contributed by atoms with Crippen molar-refractivity contribution < 1.29 is 4.79 Å². The van der Waals surface area contributed by atoms with E-state index in [-0.39, 0.29) is 23.4 Å². The second-order valence-electron chi connectivity index (χ2n) is 5.33. The summed E-state index contributed by atoms with van der Waals surface area (Å²) in [6.45, 7) is 8.67. The Morgan fingerprint density at radius 3 is 2.75 bits per heavy atom. The Balaban J connectivity index is 2.13. The molecule has 0 aliphatic carbocycles. The van der Waals surface area contributed by atoms with E-state index in [0.29, 0.717) is 0 Å². The molecule has 0 radical (unpaired) electrons. The first-order valence-electron chi connectivity index (χ1n) is 7.21. The Labute approximate surface area is 123 Å². The van der Waals surface area contributed by atoms with Gasteiger partial charge < -0.3 is 10.2 Å². The van der Waals surface area contributed by atoms with Crippen LogP contribution in [-0.2, 0) is 11.3 Å². The van der Waals surface area contributed by atoms with Crippen molar-refractivity contribution in [2.24, 2.45) is 0 Å². The maximum absolute atomic E-state index is 12.5. The van der Waals surface area contributed by atoms with Gasteiger partial charge in [0.2, 0.25) is 5.91 Å². The normalized spacial score (nSPS) is 18.4. The zero-order valence-electron chi connectivity index (χ0n) is 12.4. The van der Waals surface area contributed by atoms with Crippen LogP contribution in [0.3, 0.4) is 0 Å². The zero-order chi connectivity index (χ0) is 14.7. The highest BCUT2D eigenvalue weighted by molar-refractivity contribution is 7.09. The summed E-state index contributed by atoms with van der Waals surface area (Å²) in [5.41, 5.74) is 0.911. The number of nitrogens with zero attached hydrogens (tertiary/aromatic N) is 2. The molecule has 1 atom stereocenters. The molecule has 1 fully saturated rings. The number of rotatable bonds is 5. The summed E-state index contributed by atoms with van der Waals surface area (Å²) >= 11 is 1.22. The minimum Gasteiger partial charge on any atom is -0.337 e. The van der Waals surface area contributed by atoms with Crippen molar-refractivity contribution in [2.75, 3.05) is 19.6 Å². The number of hydrogen-bond donors (Lipinski definition) is 1. The van der Waals surface area contributed by atoms with E-state index in [0.717, 1.165) is 43.0 Å². The summed E-state index contributed by atoms with van der Waals surface area (Å²) < 4.78 is 1.60. The van der Waals surface area contributed by atoms with Crippen molar-refractivity contribution in [1.82, 2.24) is 14.8 Å². The molecule has 2 rings (SSSR count). The van der Waals surface area contributed by atoms with Gasteiger partial charge in [-0.05, 0) is 33.2 Å². The van der Waals surface area contributed by atoms with Crippen molar-refractivity contribution in [2.45, 2.75) is 46.2 Å². The van der Waals surface area contributed by atoms with Gasteiger partial charge in [0.25, 0.3) is 0 Å². The summed E-state index contributed by atoms with van der Waals surface area (Å²) in [5.74, 6) is 0.0588. The van der Waals surface area contributed by atoms with Gasteiger partial charge in [-0.1, -0.05) is 18.3 Å². The lowest BCUT2D eigenvalue weighted by atomic mass is 10.2. The summed E-state index contributed by atoms with van der Waals surface area (Å²) in [6, 6.07) is 0.276. The molecule has 1 N–H and O–H groups in total. The summed E-state index contributed by atoms with van der Waals surface area (Å²) in [5, 5.41) is 3.30. The highest BCUT2D eigenvalue weighted by Gasteiger charge is 2.26. The molecule has 1 aliphatic rings. The van der Waals surface area contributed by atoms with Gasteiger partial charge in [0.05, 0.1) is 0 Å². The number of aryl methyl sites for hydroxylation is 1. The Bertz CT molecular complexity index is 529. The van der Waals surface area contributed by atoms with E-state index in [9.17, 15) is 9.59 Å². The van der Waals surface area contributed by atoms with Gasteiger partial charge in [-0.3, -0.25) is 14.2 Å². The van der Waals surface area contributed by atoms with Gasteiger partial charge in [0.1, 0.15) is 6.54 Å². The minimum absolute atomic E-state index is 0.0330. The molecule has 2 heterocycles. The molecule has 112 valence electrons. The molecule has 1 aliphatic heterocycles. The fourth-order valence-corrected chi connectivity index (χ4v) is 3.48. The summed E-state index contributed by atoms with van der Waals surface area (Å²) in [7, 11) is 0. The molecule has 1 aromatic heterocycles. The van der Waals surface area contributed by atoms with Crippen LogP contribution in [0.15, 0.2) is 4.79 Å². The third-order valence-electron chi connectivity index (χ3n) is 3.93. The van der Waals surface area contributed by atoms with Gasteiger partial charge in [-0.2, -0.15) is 0 Å². The maximum atomic E-state index is 12.5. The Morgan fingerprint density at radius 1 is 1.50 bits per heavy atom. The van der Waals surface area contributed by atoms with Crippen LogP contribution in [0.1, 0.15) is 30.3 Å². The lowest BCUT2D eigenvalue weighted by Gasteiger charge is -2.28. The summed E-state index contributed by atoms with van der Waals surface area (Å²) in [4.78, 5) is 27.3. The smallest absolute Gasteiger partial charge is 0.308 e. The minimum atomic E-state index is -0.0330. The molecule has 1 aromatic rings. The van der Waals surface area contributed by atoms with Crippen molar-refractivity contribution in [3.8, 4) is 0 Å². The van der Waals surface area contributed by atoms with Crippen LogP contribution in [0, 0.1) is 13.8 Å². The molecule has 1 amide bonds. The third kappa shape index (κ3) is 3.12. The van der Waals surface area contributed by atoms with Gasteiger partial charge >= 0.3 is 4.87 Å². The molecular formula is C14H23N3O2S. The Hall–Kier alpha value is -1.14. The van der Waals surface area contributed by atoms with Crippen molar-refractivity contribution in [1.29, 1.82) is 0 Å². The van der Waals surface area contributed by atoms with Crippen LogP contribution in [-0.4, -0.2) is 41.1 Å². The first kappa shape index (κ1) is 15.3. The number of amides is 1. The quantitative estimate of drug-likeness (QED) is 0.886. The number of carbonyl (C=O) groups excluding carboxylic acids is 1. The van der Waals surface area contributed by atoms with Crippen LogP contribution in [0.4, 0.5) is 0 Å². The summed E-state index contributed by atoms with van der Waals surface area (Å²) in [6.07, 6.45) is 1.95. The van der Waals surface area contributed by atoms with Crippen molar-refractivity contribution in [3.63, 3.8) is 0 Å². The van der Waals surface area contributed by atoms with Crippen LogP contribution < -0.4 is 10.2 Å². The van der Waals surface area contributed by atoms with E-state index in [1.54, 1.807) is 4.57 Å². The third-order valence-corrected chi connectivity index (χ3v) is 4.93. The molecule has 1 saturated heterocycles. The van der Waals surface area contributed by atoms with E-state index in [2.05, 4.69) is 12.2 Å². The first-order chi connectivity index (χ1) is 9.54. The topological polar surface area (TPSA) is 54.3 Å². The number of nitrogens with one attached hydrogen (secondary N) is 1. The standard InChI is InChI=1S/C14H23N3O2S/c1-4-7-16(12-5-6-15-8-12)13(18)9-17-10(2)11(3)20-14(17)19/h12,15H,4-9H2,1-3H3. The van der Waals surface area contributed by atoms with E-state index in [1.807, 2.05) is 18.7 Å². The van der Waals surface area contributed by atoms with E-state index >= 15 is 0 Å². The molecule has 20 heavy (non-hydrogen) atoms. The number of hydrogen-bond acceptors (Lipinski definition) is 4. The second kappa shape index (κ2) is 6.54. The van der Waals surface area contributed by atoms with Crippen molar-refractivity contribution >= 4 is 17.2 Å². The molecule has 0 spiro atoms. The predicted molar refractivity (Wildman–Crippen MR) is 81.3 cm³/mol. The fourth-order valence-electron chi connectivity index (χ4n) is 2.65. The molecule has 0 aromatic carbocycles. The molecule has 6 heteroatoms. The highest BCUT2D eigenvalue weighted by atomic mass is 32.1. The number of thiazole rings is 1. The number of carbonyl (C=O) groups is 1.